The van der Waals surface area contributed by atoms with Gasteiger partial charge in [-0.3, -0.25) is 14.9 Å². The van der Waals surface area contributed by atoms with Gasteiger partial charge >= 0.3 is 5.69 Å². The van der Waals surface area contributed by atoms with Crippen molar-refractivity contribution in [2.45, 2.75) is 6.92 Å². The number of benzene rings is 2. The summed E-state index contributed by atoms with van der Waals surface area (Å²) in [6, 6.07) is 14.1. The van der Waals surface area contributed by atoms with E-state index >= 15 is 0 Å². The highest BCUT2D eigenvalue weighted by molar-refractivity contribution is 5.91. The number of nitro groups is 1. The molecule has 0 saturated heterocycles. The minimum atomic E-state index is -0.538. The summed E-state index contributed by atoms with van der Waals surface area (Å²) in [6.07, 6.45) is 3.09. The number of nitrogens with zero attached hydrogens (tertiary/aromatic N) is 2. The number of aromatic nitrogens is 1. The summed E-state index contributed by atoms with van der Waals surface area (Å²) in [6.45, 7) is 1.31. The number of amides is 1. The number of para-hydroxylation sites is 1. The Hall–Kier alpha value is -4.14. The molecule has 3 aromatic rings. The monoisotopic (exact) mass is 409 g/mol. The van der Waals surface area contributed by atoms with Crippen molar-refractivity contribution >= 4 is 29.4 Å². The molecule has 0 unspecified atom stereocenters. The van der Waals surface area contributed by atoms with Crippen LogP contribution in [-0.4, -0.2) is 29.7 Å². The molecule has 0 atom stereocenters. The molecule has 0 aliphatic rings. The molecule has 30 heavy (non-hydrogen) atoms. The maximum Gasteiger partial charge on any atom is 0.338 e. The highest BCUT2D eigenvalue weighted by Crippen LogP contribution is 2.30. The summed E-state index contributed by atoms with van der Waals surface area (Å²) >= 11 is 0. The van der Waals surface area contributed by atoms with E-state index in [-0.39, 0.29) is 29.7 Å². The summed E-state index contributed by atoms with van der Waals surface area (Å²) < 4.78 is 15.9. The van der Waals surface area contributed by atoms with Crippen LogP contribution < -0.4 is 14.8 Å². The first kappa shape index (κ1) is 20.6. The number of rotatable bonds is 8. The SMILES string of the molecule is COc1cc(/C=C\c2onc(C)c2[N+](=O)[O-])ccc1OCC(=O)Nc1ccccc1. The number of anilines is 1. The second kappa shape index (κ2) is 9.37. The van der Waals surface area contributed by atoms with Crippen molar-refractivity contribution in [2.75, 3.05) is 19.0 Å². The molecule has 2 aromatic carbocycles. The van der Waals surface area contributed by atoms with Gasteiger partial charge in [0, 0.05) is 5.69 Å². The number of hydrogen-bond donors (Lipinski definition) is 1. The molecule has 0 fully saturated rings. The van der Waals surface area contributed by atoms with Crippen molar-refractivity contribution in [3.63, 3.8) is 0 Å². The van der Waals surface area contributed by atoms with E-state index < -0.39 is 4.92 Å². The average molecular weight is 409 g/mol. The smallest absolute Gasteiger partial charge is 0.338 e. The molecule has 9 nitrogen and oxygen atoms in total. The molecule has 1 amide bonds. The standard InChI is InChI=1S/C21H19N3O6/c1-14-21(24(26)27)18(30-23-14)11-9-15-8-10-17(19(12-15)28-2)29-13-20(25)22-16-6-4-3-5-7-16/h3-12H,13H2,1-2H3,(H,22,25)/b11-9-. The van der Waals surface area contributed by atoms with Gasteiger partial charge in [-0.1, -0.05) is 35.5 Å². The highest BCUT2D eigenvalue weighted by Gasteiger charge is 2.21. The minimum Gasteiger partial charge on any atom is -0.493 e. The van der Waals surface area contributed by atoms with E-state index in [2.05, 4.69) is 10.5 Å². The Morgan fingerprint density at radius 3 is 2.67 bits per heavy atom. The average Bonchev–Trinajstić information content (AvgIpc) is 3.12. The number of ether oxygens (including phenoxy) is 2. The van der Waals surface area contributed by atoms with Crippen LogP contribution in [0.2, 0.25) is 0 Å². The molecule has 3 rings (SSSR count). The van der Waals surface area contributed by atoms with Gasteiger partial charge < -0.3 is 19.3 Å². The Bertz CT molecular complexity index is 1080. The van der Waals surface area contributed by atoms with Gasteiger partial charge in [-0.15, -0.1) is 0 Å². The Labute approximate surface area is 172 Å². The van der Waals surface area contributed by atoms with E-state index in [0.29, 0.717) is 22.7 Å². The zero-order chi connectivity index (χ0) is 21.5. The fourth-order valence-electron chi connectivity index (χ4n) is 2.65. The number of hydrogen-bond acceptors (Lipinski definition) is 7. The van der Waals surface area contributed by atoms with Gasteiger partial charge in [0.2, 0.25) is 5.76 Å². The summed E-state index contributed by atoms with van der Waals surface area (Å²) in [4.78, 5) is 22.6. The van der Waals surface area contributed by atoms with Crippen LogP contribution in [0.5, 0.6) is 11.5 Å². The van der Waals surface area contributed by atoms with Gasteiger partial charge in [0.25, 0.3) is 5.91 Å². The third kappa shape index (κ3) is 5.02. The Morgan fingerprint density at radius 2 is 1.97 bits per heavy atom. The maximum absolute atomic E-state index is 12.0. The molecular weight excluding hydrogens is 390 g/mol. The van der Waals surface area contributed by atoms with Gasteiger partial charge in [-0.2, -0.15) is 0 Å². The van der Waals surface area contributed by atoms with E-state index in [1.165, 1.54) is 20.1 Å². The van der Waals surface area contributed by atoms with E-state index in [0.717, 1.165) is 0 Å². The Morgan fingerprint density at radius 1 is 1.20 bits per heavy atom. The predicted molar refractivity (Wildman–Crippen MR) is 110 cm³/mol. The van der Waals surface area contributed by atoms with E-state index in [1.54, 1.807) is 36.4 Å². The van der Waals surface area contributed by atoms with Crippen molar-refractivity contribution in [1.82, 2.24) is 5.16 Å². The van der Waals surface area contributed by atoms with Crippen LogP contribution in [0.1, 0.15) is 17.0 Å². The van der Waals surface area contributed by atoms with Gasteiger partial charge in [0.05, 0.1) is 12.0 Å². The highest BCUT2D eigenvalue weighted by atomic mass is 16.6. The molecule has 0 saturated carbocycles. The van der Waals surface area contributed by atoms with Gasteiger partial charge in [0.1, 0.15) is 0 Å². The Kier molecular flexibility index (Phi) is 6.43. The number of aryl methyl sites for hydroxylation is 1. The fourth-order valence-corrected chi connectivity index (χ4v) is 2.65. The minimum absolute atomic E-state index is 0.0503. The van der Waals surface area contributed by atoms with E-state index in [9.17, 15) is 14.9 Å². The van der Waals surface area contributed by atoms with Gasteiger partial charge in [-0.05, 0) is 42.8 Å². The molecule has 0 bridgehead atoms. The van der Waals surface area contributed by atoms with Crippen molar-refractivity contribution in [1.29, 1.82) is 0 Å². The molecule has 1 aromatic heterocycles. The van der Waals surface area contributed by atoms with E-state index in [4.69, 9.17) is 14.0 Å². The van der Waals surface area contributed by atoms with Crippen LogP contribution in [0.3, 0.4) is 0 Å². The first-order valence-electron chi connectivity index (χ1n) is 8.92. The van der Waals surface area contributed by atoms with Crippen LogP contribution in [0, 0.1) is 17.0 Å². The summed E-state index contributed by atoms with van der Waals surface area (Å²) in [5.41, 5.74) is 1.39. The normalized spacial score (nSPS) is 10.7. The van der Waals surface area contributed by atoms with Crippen molar-refractivity contribution in [3.8, 4) is 11.5 Å². The lowest BCUT2D eigenvalue weighted by atomic mass is 10.1. The second-order valence-corrected chi connectivity index (χ2v) is 6.18. The largest absolute Gasteiger partial charge is 0.493 e. The fraction of sp³-hybridized carbons (Fsp3) is 0.143. The first-order chi connectivity index (χ1) is 14.5. The number of carbonyl (C=O) groups excluding carboxylic acids is 1. The molecule has 0 radical (unpaired) electrons. The molecule has 1 N–H and O–H groups in total. The third-order valence-corrected chi connectivity index (χ3v) is 4.07. The molecule has 0 aliphatic heterocycles. The second-order valence-electron chi connectivity index (χ2n) is 6.18. The quantitative estimate of drug-likeness (QED) is 0.440. The molecule has 154 valence electrons. The molecule has 1 heterocycles. The van der Waals surface area contributed by atoms with Gasteiger partial charge in [0.15, 0.2) is 23.8 Å². The first-order valence-corrected chi connectivity index (χ1v) is 8.92. The van der Waals surface area contributed by atoms with Crippen LogP contribution in [0.25, 0.3) is 12.2 Å². The lowest BCUT2D eigenvalue weighted by molar-refractivity contribution is -0.386. The lowest BCUT2D eigenvalue weighted by Crippen LogP contribution is -2.20. The number of nitrogens with one attached hydrogen (secondary N) is 1. The van der Waals surface area contributed by atoms with Crippen LogP contribution in [0.15, 0.2) is 53.1 Å². The van der Waals surface area contributed by atoms with Gasteiger partial charge in [-0.25, -0.2) is 0 Å². The van der Waals surface area contributed by atoms with Crippen molar-refractivity contribution < 1.29 is 23.7 Å². The molecule has 0 spiro atoms. The lowest BCUT2D eigenvalue weighted by Gasteiger charge is -2.11. The number of methoxy groups -OCH3 is 1. The molecular formula is C21H19N3O6. The summed E-state index contributed by atoms with van der Waals surface area (Å²) in [5, 5.41) is 17.5. The van der Waals surface area contributed by atoms with Crippen LogP contribution >= 0.6 is 0 Å². The topological polar surface area (TPSA) is 117 Å². The number of carbonyl (C=O) groups is 1. The molecule has 0 aliphatic carbocycles. The molecule has 9 heteroatoms. The zero-order valence-corrected chi connectivity index (χ0v) is 16.3. The maximum atomic E-state index is 12.0. The third-order valence-electron chi connectivity index (χ3n) is 4.07. The Balaban J connectivity index is 1.67. The van der Waals surface area contributed by atoms with Crippen LogP contribution in [-0.2, 0) is 4.79 Å². The van der Waals surface area contributed by atoms with Crippen molar-refractivity contribution in [3.05, 3.63) is 75.7 Å². The zero-order valence-electron chi connectivity index (χ0n) is 16.3. The van der Waals surface area contributed by atoms with Crippen LogP contribution in [0.4, 0.5) is 11.4 Å². The van der Waals surface area contributed by atoms with Crippen molar-refractivity contribution in [2.24, 2.45) is 0 Å². The van der Waals surface area contributed by atoms with E-state index in [1.807, 2.05) is 18.2 Å². The predicted octanol–water partition coefficient (Wildman–Crippen LogP) is 4.09. The summed E-state index contributed by atoms with van der Waals surface area (Å²) in [7, 11) is 1.48. The summed E-state index contributed by atoms with van der Waals surface area (Å²) in [5.74, 6) is 0.543.